The zero-order valence-electron chi connectivity index (χ0n) is 13.1. The number of rotatable bonds is 3. The van der Waals surface area contributed by atoms with Crippen molar-refractivity contribution in [2.45, 2.75) is 75.5 Å². The molecule has 4 saturated carbocycles. The maximum absolute atomic E-state index is 12.4. The van der Waals surface area contributed by atoms with E-state index in [-0.39, 0.29) is 11.4 Å². The SMILES string of the molecule is C[C@@H]1CCCN1C(=O)CNC12CC3CC(CC(O)(C3)C1)C2. The molecule has 1 saturated heterocycles. The van der Waals surface area contributed by atoms with Gasteiger partial charge < -0.3 is 15.3 Å². The molecule has 5 aliphatic rings. The van der Waals surface area contributed by atoms with Gasteiger partial charge in [0.25, 0.3) is 0 Å². The molecule has 3 atom stereocenters. The summed E-state index contributed by atoms with van der Waals surface area (Å²) in [5.41, 5.74) is -0.404. The normalized spacial score (nSPS) is 48.1. The van der Waals surface area contributed by atoms with Gasteiger partial charge in [0, 0.05) is 18.1 Å². The predicted molar refractivity (Wildman–Crippen MR) is 80.8 cm³/mol. The van der Waals surface area contributed by atoms with Crippen LogP contribution in [0.3, 0.4) is 0 Å². The van der Waals surface area contributed by atoms with E-state index in [4.69, 9.17) is 0 Å². The molecule has 0 radical (unpaired) electrons. The van der Waals surface area contributed by atoms with Gasteiger partial charge in [-0.2, -0.15) is 0 Å². The van der Waals surface area contributed by atoms with Crippen LogP contribution in [0.1, 0.15) is 58.3 Å². The van der Waals surface area contributed by atoms with Crippen LogP contribution >= 0.6 is 0 Å². The monoisotopic (exact) mass is 292 g/mol. The van der Waals surface area contributed by atoms with E-state index in [0.29, 0.717) is 24.4 Å². The molecule has 2 unspecified atom stereocenters. The predicted octanol–water partition coefficient (Wildman–Crippen LogP) is 1.67. The van der Waals surface area contributed by atoms with Gasteiger partial charge in [0.05, 0.1) is 12.1 Å². The first-order chi connectivity index (χ1) is 9.97. The Morgan fingerprint density at radius 2 is 2.00 bits per heavy atom. The molecule has 118 valence electrons. The molecule has 0 spiro atoms. The molecule has 1 amide bonds. The van der Waals surface area contributed by atoms with E-state index in [1.165, 1.54) is 6.42 Å². The maximum atomic E-state index is 12.4. The van der Waals surface area contributed by atoms with Crippen LogP contribution < -0.4 is 5.32 Å². The lowest BCUT2D eigenvalue weighted by Gasteiger charge is -2.60. The Morgan fingerprint density at radius 1 is 1.29 bits per heavy atom. The van der Waals surface area contributed by atoms with Crippen molar-refractivity contribution in [1.82, 2.24) is 10.2 Å². The summed E-state index contributed by atoms with van der Waals surface area (Å²) < 4.78 is 0. The average Bonchev–Trinajstić information content (AvgIpc) is 2.79. The molecule has 1 heterocycles. The van der Waals surface area contributed by atoms with Crippen LogP contribution in [-0.4, -0.2) is 46.2 Å². The molecular formula is C17H28N2O2. The first-order valence-corrected chi connectivity index (χ1v) is 8.74. The molecule has 1 aliphatic heterocycles. The van der Waals surface area contributed by atoms with Crippen molar-refractivity contribution in [3.05, 3.63) is 0 Å². The van der Waals surface area contributed by atoms with E-state index < -0.39 is 5.60 Å². The van der Waals surface area contributed by atoms with Crippen molar-refractivity contribution < 1.29 is 9.90 Å². The Morgan fingerprint density at radius 3 is 2.57 bits per heavy atom. The number of nitrogens with one attached hydrogen (secondary N) is 1. The van der Waals surface area contributed by atoms with Gasteiger partial charge in [-0.3, -0.25) is 4.79 Å². The molecule has 0 aromatic heterocycles. The molecule has 0 aromatic carbocycles. The van der Waals surface area contributed by atoms with Gasteiger partial charge in [0.1, 0.15) is 0 Å². The zero-order valence-corrected chi connectivity index (χ0v) is 13.1. The first-order valence-electron chi connectivity index (χ1n) is 8.74. The smallest absolute Gasteiger partial charge is 0.236 e. The minimum Gasteiger partial charge on any atom is -0.390 e. The third-order valence-electron chi connectivity index (χ3n) is 6.52. The molecule has 4 heteroatoms. The van der Waals surface area contributed by atoms with Crippen LogP contribution in [0.4, 0.5) is 0 Å². The van der Waals surface area contributed by atoms with E-state index in [2.05, 4.69) is 12.2 Å². The number of hydrogen-bond acceptors (Lipinski definition) is 3. The molecule has 5 fully saturated rings. The van der Waals surface area contributed by atoms with Gasteiger partial charge in [-0.15, -0.1) is 0 Å². The lowest BCUT2D eigenvalue weighted by Crippen LogP contribution is -2.65. The van der Waals surface area contributed by atoms with Crippen molar-refractivity contribution in [2.75, 3.05) is 13.1 Å². The molecule has 0 aromatic rings. The highest BCUT2D eigenvalue weighted by Gasteiger charge is 2.57. The van der Waals surface area contributed by atoms with Gasteiger partial charge in [0.2, 0.25) is 5.91 Å². The van der Waals surface area contributed by atoms with Gasteiger partial charge in [0.15, 0.2) is 0 Å². The molecule has 4 aliphatic carbocycles. The topological polar surface area (TPSA) is 52.6 Å². The number of nitrogens with zero attached hydrogens (tertiary/aromatic N) is 1. The first kappa shape index (κ1) is 14.0. The summed E-state index contributed by atoms with van der Waals surface area (Å²) in [4.78, 5) is 14.5. The van der Waals surface area contributed by atoms with Crippen LogP contribution in [0, 0.1) is 11.8 Å². The molecule has 5 rings (SSSR count). The van der Waals surface area contributed by atoms with Crippen LogP contribution in [0.5, 0.6) is 0 Å². The number of amides is 1. The van der Waals surface area contributed by atoms with Gasteiger partial charge >= 0.3 is 0 Å². The highest BCUT2D eigenvalue weighted by molar-refractivity contribution is 5.79. The Balaban J connectivity index is 1.41. The summed E-state index contributed by atoms with van der Waals surface area (Å²) >= 11 is 0. The van der Waals surface area contributed by atoms with Crippen molar-refractivity contribution in [2.24, 2.45) is 11.8 Å². The van der Waals surface area contributed by atoms with Gasteiger partial charge in [-0.1, -0.05) is 0 Å². The van der Waals surface area contributed by atoms with Crippen molar-refractivity contribution >= 4 is 5.91 Å². The molecular weight excluding hydrogens is 264 g/mol. The second-order valence-corrected chi connectivity index (χ2v) is 8.40. The van der Waals surface area contributed by atoms with Crippen molar-refractivity contribution in [3.63, 3.8) is 0 Å². The molecule has 2 N–H and O–H groups in total. The number of aliphatic hydroxyl groups is 1. The quantitative estimate of drug-likeness (QED) is 0.832. The number of carbonyl (C=O) groups is 1. The zero-order chi connectivity index (χ0) is 14.7. The lowest BCUT2D eigenvalue weighted by atomic mass is 9.51. The fourth-order valence-electron chi connectivity index (χ4n) is 6.09. The van der Waals surface area contributed by atoms with E-state index in [0.717, 1.165) is 51.5 Å². The van der Waals surface area contributed by atoms with Crippen LogP contribution in [0.2, 0.25) is 0 Å². The Kier molecular flexibility index (Phi) is 3.13. The van der Waals surface area contributed by atoms with Crippen molar-refractivity contribution in [3.8, 4) is 0 Å². The summed E-state index contributed by atoms with van der Waals surface area (Å²) in [6.07, 6.45) is 8.73. The summed E-state index contributed by atoms with van der Waals surface area (Å²) in [5.74, 6) is 1.59. The largest absolute Gasteiger partial charge is 0.390 e. The molecule has 4 bridgehead atoms. The van der Waals surface area contributed by atoms with Crippen LogP contribution in [0.25, 0.3) is 0 Å². The lowest BCUT2D eigenvalue weighted by molar-refractivity contribution is -0.147. The van der Waals surface area contributed by atoms with Crippen LogP contribution in [-0.2, 0) is 4.79 Å². The summed E-state index contributed by atoms with van der Waals surface area (Å²) in [6, 6.07) is 0.403. The summed E-state index contributed by atoms with van der Waals surface area (Å²) in [5, 5.41) is 14.3. The Labute approximate surface area is 127 Å². The van der Waals surface area contributed by atoms with Gasteiger partial charge in [-0.05, 0) is 70.1 Å². The second kappa shape index (κ2) is 4.69. The number of carbonyl (C=O) groups excluding carboxylic acids is 1. The molecule has 21 heavy (non-hydrogen) atoms. The average molecular weight is 292 g/mol. The van der Waals surface area contributed by atoms with E-state index in [1.807, 2.05) is 4.90 Å². The van der Waals surface area contributed by atoms with E-state index >= 15 is 0 Å². The maximum Gasteiger partial charge on any atom is 0.236 e. The fraction of sp³-hybridized carbons (Fsp3) is 0.941. The number of hydrogen-bond donors (Lipinski definition) is 2. The molecule has 4 nitrogen and oxygen atoms in total. The minimum absolute atomic E-state index is 0.0391. The van der Waals surface area contributed by atoms with Crippen molar-refractivity contribution in [1.29, 1.82) is 0 Å². The van der Waals surface area contributed by atoms with E-state index in [1.54, 1.807) is 0 Å². The fourth-order valence-corrected chi connectivity index (χ4v) is 6.09. The van der Waals surface area contributed by atoms with Crippen LogP contribution in [0.15, 0.2) is 0 Å². The second-order valence-electron chi connectivity index (χ2n) is 8.40. The summed E-state index contributed by atoms with van der Waals surface area (Å²) in [7, 11) is 0. The Bertz CT molecular complexity index is 436. The van der Waals surface area contributed by atoms with Gasteiger partial charge in [-0.25, -0.2) is 0 Å². The number of likely N-dealkylation sites (tertiary alicyclic amines) is 1. The standard InChI is InChI=1S/C17H28N2O2/c1-12-3-2-4-19(12)15(20)10-18-16-6-13-5-14(7-16)9-17(21,8-13)11-16/h12-14,18,21H,2-11H2,1H3/t12-,13?,14?,16?,17?/m1/s1. The third kappa shape index (κ3) is 2.40. The minimum atomic E-state index is -0.443. The Hall–Kier alpha value is -0.610. The highest BCUT2D eigenvalue weighted by Crippen LogP contribution is 2.57. The highest BCUT2D eigenvalue weighted by atomic mass is 16.3. The third-order valence-corrected chi connectivity index (χ3v) is 6.52. The van der Waals surface area contributed by atoms with E-state index in [9.17, 15) is 9.90 Å². The summed E-state index contributed by atoms with van der Waals surface area (Å²) in [6.45, 7) is 3.53.